The molecule has 2 aromatic rings. The normalized spacial score (nSPS) is 12.3. The average molecular weight is 256 g/mol. The van der Waals surface area contributed by atoms with Gasteiger partial charge in [-0.2, -0.15) is 0 Å². The third-order valence-corrected chi connectivity index (χ3v) is 3.25. The van der Waals surface area contributed by atoms with Crippen molar-refractivity contribution in [3.8, 4) is 0 Å². The van der Waals surface area contributed by atoms with Crippen molar-refractivity contribution >= 4 is 5.69 Å². The summed E-state index contributed by atoms with van der Waals surface area (Å²) in [6.07, 6.45) is 8.12. The molecule has 1 unspecified atom stereocenters. The summed E-state index contributed by atoms with van der Waals surface area (Å²) >= 11 is 0. The second-order valence-electron chi connectivity index (χ2n) is 4.62. The zero-order valence-electron chi connectivity index (χ0n) is 11.4. The molecule has 0 aliphatic rings. The molecule has 0 bridgehead atoms. The number of nitrogens with zero attached hydrogens (tertiary/aromatic N) is 2. The van der Waals surface area contributed by atoms with Crippen molar-refractivity contribution in [2.75, 3.05) is 12.3 Å². The first-order valence-corrected chi connectivity index (χ1v) is 6.54. The summed E-state index contributed by atoms with van der Waals surface area (Å²) in [6.45, 7) is 5.10. The monoisotopic (exact) mass is 256 g/mol. The van der Waals surface area contributed by atoms with Crippen LogP contribution in [0.3, 0.4) is 0 Å². The van der Waals surface area contributed by atoms with Gasteiger partial charge in [0, 0.05) is 36.5 Å². The highest BCUT2D eigenvalue weighted by atomic mass is 14.9. The highest BCUT2D eigenvalue weighted by Crippen LogP contribution is 2.23. The van der Waals surface area contributed by atoms with Gasteiger partial charge in [-0.3, -0.25) is 9.97 Å². The standard InChI is InChI=1S/C15H20N4/c1-3-19-15(13-4-6-17-9-11(13)2)8-12-10-18-7-5-14(12)16/h4-7,9-10,15,19H,3,8H2,1-2H3,(H2,16,18). The maximum atomic E-state index is 6.00. The highest BCUT2D eigenvalue weighted by Gasteiger charge is 2.14. The molecule has 0 aliphatic heterocycles. The molecule has 0 saturated heterocycles. The van der Waals surface area contributed by atoms with Crippen LogP contribution in [0.25, 0.3) is 0 Å². The van der Waals surface area contributed by atoms with E-state index in [-0.39, 0.29) is 6.04 Å². The van der Waals surface area contributed by atoms with Gasteiger partial charge in [0.15, 0.2) is 0 Å². The molecule has 2 heterocycles. The van der Waals surface area contributed by atoms with E-state index in [1.807, 2.05) is 24.7 Å². The zero-order chi connectivity index (χ0) is 13.7. The number of pyridine rings is 2. The van der Waals surface area contributed by atoms with Crippen molar-refractivity contribution in [1.29, 1.82) is 0 Å². The molecular formula is C15H20N4. The Kier molecular flexibility index (Phi) is 4.47. The van der Waals surface area contributed by atoms with Crippen LogP contribution < -0.4 is 11.1 Å². The fourth-order valence-electron chi connectivity index (χ4n) is 2.24. The van der Waals surface area contributed by atoms with E-state index < -0.39 is 0 Å². The molecule has 3 N–H and O–H groups in total. The summed E-state index contributed by atoms with van der Waals surface area (Å²) in [4.78, 5) is 8.30. The number of nitrogen functional groups attached to an aromatic ring is 1. The lowest BCUT2D eigenvalue weighted by Crippen LogP contribution is -2.24. The molecule has 19 heavy (non-hydrogen) atoms. The molecule has 0 radical (unpaired) electrons. The lowest BCUT2D eigenvalue weighted by atomic mass is 9.97. The number of nitrogens with one attached hydrogen (secondary N) is 1. The van der Waals surface area contributed by atoms with Gasteiger partial charge in [-0.15, -0.1) is 0 Å². The minimum absolute atomic E-state index is 0.236. The molecule has 4 nitrogen and oxygen atoms in total. The number of aryl methyl sites for hydroxylation is 1. The van der Waals surface area contributed by atoms with Crippen LogP contribution in [0.1, 0.15) is 29.7 Å². The van der Waals surface area contributed by atoms with E-state index in [0.29, 0.717) is 0 Å². The zero-order valence-corrected chi connectivity index (χ0v) is 11.4. The van der Waals surface area contributed by atoms with Gasteiger partial charge in [0.05, 0.1) is 0 Å². The van der Waals surface area contributed by atoms with Crippen LogP contribution in [0.2, 0.25) is 0 Å². The van der Waals surface area contributed by atoms with E-state index in [9.17, 15) is 0 Å². The predicted molar refractivity (Wildman–Crippen MR) is 77.7 cm³/mol. The van der Waals surface area contributed by atoms with E-state index in [1.165, 1.54) is 11.1 Å². The van der Waals surface area contributed by atoms with Crippen LogP contribution >= 0.6 is 0 Å². The molecule has 0 spiro atoms. The first-order valence-electron chi connectivity index (χ1n) is 6.54. The first kappa shape index (κ1) is 13.5. The Hall–Kier alpha value is -1.94. The molecule has 0 saturated carbocycles. The number of aromatic nitrogens is 2. The number of rotatable bonds is 5. The minimum atomic E-state index is 0.236. The largest absolute Gasteiger partial charge is 0.398 e. The Morgan fingerprint density at radius 1 is 1.21 bits per heavy atom. The second-order valence-corrected chi connectivity index (χ2v) is 4.62. The number of nitrogens with two attached hydrogens (primary N) is 1. The molecular weight excluding hydrogens is 236 g/mol. The lowest BCUT2D eigenvalue weighted by Gasteiger charge is -2.20. The Morgan fingerprint density at radius 2 is 1.95 bits per heavy atom. The fraction of sp³-hybridized carbons (Fsp3) is 0.333. The van der Waals surface area contributed by atoms with Crippen molar-refractivity contribution < 1.29 is 0 Å². The van der Waals surface area contributed by atoms with Gasteiger partial charge in [0.1, 0.15) is 0 Å². The molecule has 4 heteroatoms. The van der Waals surface area contributed by atoms with Gasteiger partial charge in [-0.25, -0.2) is 0 Å². The third kappa shape index (κ3) is 3.29. The molecule has 1 atom stereocenters. The van der Waals surface area contributed by atoms with Crippen LogP contribution in [0.4, 0.5) is 5.69 Å². The van der Waals surface area contributed by atoms with E-state index in [2.05, 4.69) is 35.2 Å². The summed E-state index contributed by atoms with van der Waals surface area (Å²) in [5.41, 5.74) is 10.3. The lowest BCUT2D eigenvalue weighted by molar-refractivity contribution is 0.546. The predicted octanol–water partition coefficient (Wildman–Crippen LogP) is 2.26. The summed E-state index contributed by atoms with van der Waals surface area (Å²) in [5, 5.41) is 3.50. The molecule has 2 rings (SSSR count). The van der Waals surface area contributed by atoms with Gasteiger partial charge in [0.2, 0.25) is 0 Å². The minimum Gasteiger partial charge on any atom is -0.398 e. The van der Waals surface area contributed by atoms with Gasteiger partial charge < -0.3 is 11.1 Å². The van der Waals surface area contributed by atoms with Crippen LogP contribution in [0.5, 0.6) is 0 Å². The molecule has 0 aromatic carbocycles. The molecule has 0 amide bonds. The first-order chi connectivity index (χ1) is 9.22. The van der Waals surface area contributed by atoms with Crippen LogP contribution in [-0.2, 0) is 6.42 Å². The van der Waals surface area contributed by atoms with Crippen LogP contribution in [0, 0.1) is 6.92 Å². The Labute approximate surface area is 114 Å². The van der Waals surface area contributed by atoms with Gasteiger partial charge in [0.25, 0.3) is 0 Å². The van der Waals surface area contributed by atoms with Crippen molar-refractivity contribution in [3.63, 3.8) is 0 Å². The Bertz CT molecular complexity index is 539. The van der Waals surface area contributed by atoms with E-state index in [1.54, 1.807) is 6.20 Å². The topological polar surface area (TPSA) is 63.8 Å². The average Bonchev–Trinajstić information content (AvgIpc) is 2.41. The van der Waals surface area contributed by atoms with E-state index in [0.717, 1.165) is 24.2 Å². The Balaban J connectivity index is 2.27. The number of hydrogen-bond acceptors (Lipinski definition) is 4. The quantitative estimate of drug-likeness (QED) is 0.861. The van der Waals surface area contributed by atoms with Gasteiger partial charge in [-0.1, -0.05) is 6.92 Å². The van der Waals surface area contributed by atoms with Crippen LogP contribution in [0.15, 0.2) is 36.9 Å². The molecule has 2 aromatic heterocycles. The van der Waals surface area contributed by atoms with E-state index in [4.69, 9.17) is 5.73 Å². The smallest absolute Gasteiger partial charge is 0.0378 e. The maximum Gasteiger partial charge on any atom is 0.0378 e. The maximum absolute atomic E-state index is 6.00. The number of likely N-dealkylation sites (N-methyl/N-ethyl adjacent to an activating group) is 1. The summed E-state index contributed by atoms with van der Waals surface area (Å²) < 4.78 is 0. The van der Waals surface area contributed by atoms with Crippen LogP contribution in [-0.4, -0.2) is 16.5 Å². The van der Waals surface area contributed by atoms with Crippen molar-refractivity contribution in [2.45, 2.75) is 26.3 Å². The third-order valence-electron chi connectivity index (χ3n) is 3.25. The summed E-state index contributed by atoms with van der Waals surface area (Å²) in [6, 6.07) is 4.15. The van der Waals surface area contributed by atoms with Crippen molar-refractivity contribution in [1.82, 2.24) is 15.3 Å². The molecule has 100 valence electrons. The van der Waals surface area contributed by atoms with Gasteiger partial charge in [-0.05, 0) is 48.7 Å². The Morgan fingerprint density at radius 3 is 2.63 bits per heavy atom. The van der Waals surface area contributed by atoms with Crippen molar-refractivity contribution in [3.05, 3.63) is 53.6 Å². The van der Waals surface area contributed by atoms with Crippen molar-refractivity contribution in [2.24, 2.45) is 0 Å². The number of hydrogen-bond donors (Lipinski definition) is 2. The molecule has 0 aliphatic carbocycles. The SMILES string of the molecule is CCNC(Cc1cnccc1N)c1ccncc1C. The highest BCUT2D eigenvalue weighted by molar-refractivity contribution is 5.45. The number of anilines is 1. The second kappa shape index (κ2) is 6.29. The summed E-state index contributed by atoms with van der Waals surface area (Å²) in [7, 11) is 0. The fourth-order valence-corrected chi connectivity index (χ4v) is 2.24. The molecule has 0 fully saturated rings. The van der Waals surface area contributed by atoms with E-state index >= 15 is 0 Å². The summed E-state index contributed by atoms with van der Waals surface area (Å²) in [5.74, 6) is 0. The van der Waals surface area contributed by atoms with Gasteiger partial charge >= 0.3 is 0 Å².